The van der Waals surface area contributed by atoms with Gasteiger partial charge in [0.05, 0.1) is 4.92 Å². The molecule has 1 aliphatic heterocycles. The van der Waals surface area contributed by atoms with E-state index >= 15 is 0 Å². The Hall–Kier alpha value is -2.24. The number of nitro groups is 1. The minimum absolute atomic E-state index is 0.140. The molecule has 0 aromatic heterocycles. The van der Waals surface area contributed by atoms with Crippen molar-refractivity contribution in [1.82, 2.24) is 4.90 Å². The normalized spacial score (nSPS) is 15.1. The molecule has 2 rings (SSSR count). The summed E-state index contributed by atoms with van der Waals surface area (Å²) in [6.07, 6.45) is 2.73. The SMILES string of the molecule is CC1=CCN(C(=O)c2ccc(F)c([N+](=O)[O-])c2)CC1. The van der Waals surface area contributed by atoms with E-state index in [1.54, 1.807) is 4.90 Å². The summed E-state index contributed by atoms with van der Waals surface area (Å²) in [7, 11) is 0. The number of carbonyl (C=O) groups is 1. The predicted molar refractivity (Wildman–Crippen MR) is 67.3 cm³/mol. The Morgan fingerprint density at radius 1 is 1.47 bits per heavy atom. The molecule has 1 amide bonds. The fraction of sp³-hybridized carbons (Fsp3) is 0.308. The highest BCUT2D eigenvalue weighted by Gasteiger charge is 2.21. The maximum Gasteiger partial charge on any atom is 0.305 e. The molecular weight excluding hydrogens is 251 g/mol. The van der Waals surface area contributed by atoms with Crippen molar-refractivity contribution in [2.24, 2.45) is 0 Å². The maximum atomic E-state index is 13.2. The average Bonchev–Trinajstić information content (AvgIpc) is 2.39. The molecule has 0 saturated heterocycles. The third-order valence-electron chi connectivity index (χ3n) is 3.11. The molecular formula is C13H13FN2O3. The van der Waals surface area contributed by atoms with Crippen molar-refractivity contribution in [3.8, 4) is 0 Å². The first-order valence-corrected chi connectivity index (χ1v) is 5.88. The monoisotopic (exact) mass is 264 g/mol. The Labute approximate surface area is 109 Å². The molecule has 0 bridgehead atoms. The van der Waals surface area contributed by atoms with Gasteiger partial charge in [0.15, 0.2) is 0 Å². The first-order valence-electron chi connectivity index (χ1n) is 5.88. The molecule has 1 aliphatic rings. The molecule has 1 aromatic rings. The van der Waals surface area contributed by atoms with Crippen molar-refractivity contribution < 1.29 is 14.1 Å². The van der Waals surface area contributed by atoms with Crippen LogP contribution in [0.15, 0.2) is 29.8 Å². The zero-order valence-electron chi connectivity index (χ0n) is 10.4. The number of nitro benzene ring substituents is 1. The van der Waals surface area contributed by atoms with E-state index in [0.717, 1.165) is 18.6 Å². The lowest BCUT2D eigenvalue weighted by atomic mass is 10.1. The van der Waals surface area contributed by atoms with Gasteiger partial charge in [0.2, 0.25) is 5.82 Å². The first-order chi connectivity index (χ1) is 8.99. The summed E-state index contributed by atoms with van der Waals surface area (Å²) in [5.41, 5.74) is 0.685. The van der Waals surface area contributed by atoms with Crippen LogP contribution >= 0.6 is 0 Å². The van der Waals surface area contributed by atoms with E-state index in [0.29, 0.717) is 13.1 Å². The topological polar surface area (TPSA) is 63.5 Å². The number of nitrogens with zero attached hydrogens (tertiary/aromatic N) is 2. The van der Waals surface area contributed by atoms with E-state index in [4.69, 9.17) is 0 Å². The highest BCUT2D eigenvalue weighted by atomic mass is 19.1. The summed E-state index contributed by atoms with van der Waals surface area (Å²) >= 11 is 0. The summed E-state index contributed by atoms with van der Waals surface area (Å²) in [4.78, 5) is 23.6. The number of halogens is 1. The molecule has 6 heteroatoms. The highest BCUT2D eigenvalue weighted by molar-refractivity contribution is 5.95. The third kappa shape index (κ3) is 2.78. The lowest BCUT2D eigenvalue weighted by Gasteiger charge is -2.25. The van der Waals surface area contributed by atoms with Crippen molar-refractivity contribution in [1.29, 1.82) is 0 Å². The largest absolute Gasteiger partial charge is 0.335 e. The van der Waals surface area contributed by atoms with Crippen LogP contribution in [-0.2, 0) is 0 Å². The van der Waals surface area contributed by atoms with Crippen LogP contribution in [0.5, 0.6) is 0 Å². The second kappa shape index (κ2) is 5.17. The van der Waals surface area contributed by atoms with Gasteiger partial charge in [-0.1, -0.05) is 11.6 Å². The Morgan fingerprint density at radius 3 is 2.79 bits per heavy atom. The second-order valence-corrected chi connectivity index (χ2v) is 4.47. The van der Waals surface area contributed by atoms with Crippen molar-refractivity contribution in [2.75, 3.05) is 13.1 Å². The number of carbonyl (C=O) groups excluding carboxylic acids is 1. The molecule has 1 aromatic carbocycles. The van der Waals surface area contributed by atoms with Gasteiger partial charge in [-0.15, -0.1) is 0 Å². The Balaban J connectivity index is 2.25. The molecule has 0 N–H and O–H groups in total. The molecule has 5 nitrogen and oxygen atoms in total. The first kappa shape index (κ1) is 13.2. The molecule has 1 heterocycles. The van der Waals surface area contributed by atoms with Crippen molar-refractivity contribution in [3.63, 3.8) is 0 Å². The smallest absolute Gasteiger partial charge is 0.305 e. The molecule has 0 unspecified atom stereocenters. The summed E-state index contributed by atoms with van der Waals surface area (Å²) in [5, 5.41) is 10.6. The van der Waals surface area contributed by atoms with Gasteiger partial charge in [-0.25, -0.2) is 0 Å². The third-order valence-corrected chi connectivity index (χ3v) is 3.11. The molecule has 0 aliphatic carbocycles. The van der Waals surface area contributed by atoms with Crippen molar-refractivity contribution in [2.45, 2.75) is 13.3 Å². The fourth-order valence-corrected chi connectivity index (χ4v) is 1.92. The van der Waals surface area contributed by atoms with Crippen LogP contribution in [-0.4, -0.2) is 28.8 Å². The minimum Gasteiger partial charge on any atom is -0.335 e. The Bertz CT molecular complexity index is 569. The molecule has 0 spiro atoms. The summed E-state index contributed by atoms with van der Waals surface area (Å²) in [6, 6.07) is 3.22. The fourth-order valence-electron chi connectivity index (χ4n) is 1.92. The summed E-state index contributed by atoms with van der Waals surface area (Å²) in [5.74, 6) is -1.25. The van der Waals surface area contributed by atoms with Gasteiger partial charge < -0.3 is 4.90 Å². The van der Waals surface area contributed by atoms with Crippen LogP contribution < -0.4 is 0 Å². The van der Waals surface area contributed by atoms with E-state index in [1.165, 1.54) is 11.6 Å². The van der Waals surface area contributed by atoms with Crippen LogP contribution in [0.4, 0.5) is 10.1 Å². The quantitative estimate of drug-likeness (QED) is 0.468. The number of hydrogen-bond acceptors (Lipinski definition) is 3. The average molecular weight is 264 g/mol. The minimum atomic E-state index is -0.934. The van der Waals surface area contributed by atoms with Crippen molar-refractivity contribution in [3.05, 3.63) is 51.3 Å². The summed E-state index contributed by atoms with van der Waals surface area (Å²) < 4.78 is 13.2. The lowest BCUT2D eigenvalue weighted by molar-refractivity contribution is -0.387. The van der Waals surface area contributed by atoms with E-state index in [2.05, 4.69) is 0 Å². The molecule has 0 fully saturated rings. The molecule has 0 saturated carbocycles. The van der Waals surface area contributed by atoms with Gasteiger partial charge >= 0.3 is 5.69 Å². The molecule has 0 atom stereocenters. The second-order valence-electron chi connectivity index (χ2n) is 4.47. The predicted octanol–water partition coefficient (Wildman–Crippen LogP) is 2.53. The van der Waals surface area contributed by atoms with Gasteiger partial charge in [-0.05, 0) is 25.5 Å². The highest BCUT2D eigenvalue weighted by Crippen LogP contribution is 2.20. The van der Waals surface area contributed by atoms with Crippen LogP contribution in [0, 0.1) is 15.9 Å². The van der Waals surface area contributed by atoms with Gasteiger partial charge in [-0.3, -0.25) is 14.9 Å². The molecule has 19 heavy (non-hydrogen) atoms. The van der Waals surface area contributed by atoms with E-state index in [1.807, 2.05) is 13.0 Å². The zero-order chi connectivity index (χ0) is 14.0. The number of amides is 1. The van der Waals surface area contributed by atoms with Gasteiger partial charge in [0.1, 0.15) is 0 Å². The van der Waals surface area contributed by atoms with Crippen LogP contribution in [0.1, 0.15) is 23.7 Å². The maximum absolute atomic E-state index is 13.2. The number of rotatable bonds is 2. The number of hydrogen-bond donors (Lipinski definition) is 0. The van der Waals surface area contributed by atoms with Gasteiger partial charge in [0, 0.05) is 24.7 Å². The zero-order valence-corrected chi connectivity index (χ0v) is 10.4. The van der Waals surface area contributed by atoms with Crippen LogP contribution in [0.3, 0.4) is 0 Å². The van der Waals surface area contributed by atoms with E-state index in [-0.39, 0.29) is 11.5 Å². The van der Waals surface area contributed by atoms with E-state index in [9.17, 15) is 19.3 Å². The van der Waals surface area contributed by atoms with Crippen LogP contribution in [0.2, 0.25) is 0 Å². The Morgan fingerprint density at radius 2 is 2.21 bits per heavy atom. The standard InChI is InChI=1S/C13H13FN2O3/c1-9-4-6-15(7-5-9)13(17)10-2-3-11(14)12(8-10)16(18)19/h2-4,8H,5-7H2,1H3. The molecule has 100 valence electrons. The van der Waals surface area contributed by atoms with E-state index < -0.39 is 16.4 Å². The summed E-state index contributed by atoms with van der Waals surface area (Å²) in [6.45, 7) is 3.05. The van der Waals surface area contributed by atoms with Gasteiger partial charge in [-0.2, -0.15) is 4.39 Å². The van der Waals surface area contributed by atoms with Gasteiger partial charge in [0.25, 0.3) is 5.91 Å². The lowest BCUT2D eigenvalue weighted by Crippen LogP contribution is -2.34. The van der Waals surface area contributed by atoms with Crippen LogP contribution in [0.25, 0.3) is 0 Å². The number of benzene rings is 1. The Kier molecular flexibility index (Phi) is 3.59. The molecule has 0 radical (unpaired) electrons. The van der Waals surface area contributed by atoms with Crippen molar-refractivity contribution >= 4 is 11.6 Å².